The third kappa shape index (κ3) is 4.93. The van der Waals surface area contributed by atoms with Crippen molar-refractivity contribution < 1.29 is 29.0 Å². The SMILES string of the molecule is Cc1cc(CNC(=O)c2nc3n(c(=O)c2O)CC2CCC3(NC(=O)C(C)(C)n3cc(C(=O)O)nn3)CC2)ccc1F. The van der Waals surface area contributed by atoms with Crippen molar-refractivity contribution in [3.05, 3.63) is 68.9 Å². The van der Waals surface area contributed by atoms with Crippen molar-refractivity contribution in [1.29, 1.82) is 0 Å². The number of carbonyl (C=O) groups excluding carboxylic acids is 2. The van der Waals surface area contributed by atoms with Crippen LogP contribution in [0.4, 0.5) is 4.39 Å². The Labute approximate surface area is 233 Å². The Morgan fingerprint density at radius 2 is 1.93 bits per heavy atom. The summed E-state index contributed by atoms with van der Waals surface area (Å²) in [7, 11) is 0. The first-order valence-corrected chi connectivity index (χ1v) is 13.2. The normalized spacial score (nSPS) is 19.8. The molecule has 2 bridgehead atoms. The molecule has 41 heavy (non-hydrogen) atoms. The standard InChI is InChI=1S/C27H30FN7O6/c1-14-10-16(4-5-17(14)28)11-29-21(37)19-20(36)22(38)34-12-15-6-8-27(9-7-15,24(34)30-19)31-25(41)26(2,3)35-13-18(23(39)40)32-33-35/h4-5,10,13,15,36H,6-9,11-12H2,1-3H3,(H,29,37)(H,31,41)(H,39,40). The molecule has 3 aliphatic rings. The van der Waals surface area contributed by atoms with Crippen LogP contribution in [-0.2, 0) is 29.0 Å². The monoisotopic (exact) mass is 567 g/mol. The first-order valence-electron chi connectivity index (χ1n) is 13.2. The zero-order valence-electron chi connectivity index (χ0n) is 22.8. The summed E-state index contributed by atoms with van der Waals surface area (Å²) in [6.45, 7) is 4.98. The van der Waals surface area contributed by atoms with Crippen LogP contribution in [0.3, 0.4) is 0 Å². The number of aromatic hydroxyl groups is 1. The molecule has 0 saturated heterocycles. The Hall–Kier alpha value is -4.62. The summed E-state index contributed by atoms with van der Waals surface area (Å²) < 4.78 is 16.1. The molecule has 13 nitrogen and oxygen atoms in total. The van der Waals surface area contributed by atoms with Gasteiger partial charge in [-0.05, 0) is 69.6 Å². The fourth-order valence-corrected chi connectivity index (χ4v) is 5.45. The minimum Gasteiger partial charge on any atom is -0.501 e. The molecule has 14 heteroatoms. The van der Waals surface area contributed by atoms with Crippen LogP contribution in [-0.4, -0.2) is 52.5 Å². The molecular formula is C27H30FN7O6. The van der Waals surface area contributed by atoms with E-state index in [1.54, 1.807) is 26.8 Å². The Morgan fingerprint density at radius 3 is 2.56 bits per heavy atom. The lowest BCUT2D eigenvalue weighted by Crippen LogP contribution is -2.55. The highest BCUT2D eigenvalue weighted by atomic mass is 19.1. The number of nitrogens with one attached hydrogen (secondary N) is 2. The fourth-order valence-electron chi connectivity index (χ4n) is 5.45. The minimum absolute atomic E-state index is 0.00781. The maximum atomic E-state index is 13.7. The molecule has 0 atom stereocenters. The number of fused-ring (bicyclic) bond motifs is 2. The molecule has 1 fully saturated rings. The second-order valence-electron chi connectivity index (χ2n) is 11.2. The van der Waals surface area contributed by atoms with Gasteiger partial charge in [-0.3, -0.25) is 19.0 Å². The second kappa shape index (κ2) is 10.1. The van der Waals surface area contributed by atoms with Crippen LogP contribution >= 0.6 is 0 Å². The predicted molar refractivity (Wildman–Crippen MR) is 141 cm³/mol. The molecule has 2 amide bonds. The van der Waals surface area contributed by atoms with Crippen molar-refractivity contribution in [1.82, 2.24) is 35.2 Å². The van der Waals surface area contributed by atoms with E-state index < -0.39 is 45.9 Å². The topological polar surface area (TPSA) is 181 Å². The van der Waals surface area contributed by atoms with Crippen molar-refractivity contribution in [3.63, 3.8) is 0 Å². The average Bonchev–Trinajstić information content (AvgIpc) is 3.34. The Bertz CT molecular complexity index is 1620. The van der Waals surface area contributed by atoms with Gasteiger partial charge in [-0.1, -0.05) is 17.3 Å². The summed E-state index contributed by atoms with van der Waals surface area (Å²) in [6, 6.07) is 4.38. The zero-order chi connectivity index (χ0) is 29.7. The van der Waals surface area contributed by atoms with E-state index in [4.69, 9.17) is 0 Å². The Kier molecular flexibility index (Phi) is 6.87. The first-order chi connectivity index (χ1) is 19.3. The van der Waals surface area contributed by atoms with E-state index in [1.807, 2.05) is 0 Å². The van der Waals surface area contributed by atoms with Crippen LogP contribution in [0.25, 0.3) is 0 Å². The van der Waals surface area contributed by atoms with E-state index in [0.717, 1.165) is 10.9 Å². The Balaban J connectivity index is 1.48. The van der Waals surface area contributed by atoms with Crippen molar-refractivity contribution in [3.8, 4) is 5.75 Å². The number of aromatic nitrogens is 5. The molecule has 3 aromatic rings. The van der Waals surface area contributed by atoms with E-state index in [2.05, 4.69) is 25.9 Å². The summed E-state index contributed by atoms with van der Waals surface area (Å²) in [5.74, 6) is -3.50. The molecule has 6 rings (SSSR count). The van der Waals surface area contributed by atoms with Gasteiger partial charge in [-0.25, -0.2) is 18.9 Å². The lowest BCUT2D eigenvalue weighted by Gasteiger charge is -2.39. The van der Waals surface area contributed by atoms with Gasteiger partial charge in [-0.2, -0.15) is 0 Å². The summed E-state index contributed by atoms with van der Waals surface area (Å²) in [6.07, 6.45) is 3.36. The molecule has 1 aliphatic carbocycles. The number of carboxylic acid groups (broad SMARTS) is 1. The third-order valence-electron chi connectivity index (χ3n) is 8.06. The Morgan fingerprint density at radius 1 is 1.22 bits per heavy atom. The van der Waals surface area contributed by atoms with Crippen molar-refractivity contribution in [2.75, 3.05) is 0 Å². The number of aryl methyl sites for hydroxylation is 1. The minimum atomic E-state index is -1.37. The van der Waals surface area contributed by atoms with Crippen molar-refractivity contribution in [2.24, 2.45) is 5.92 Å². The fraction of sp³-hybridized carbons (Fsp3) is 0.444. The molecule has 2 aromatic heterocycles. The van der Waals surface area contributed by atoms with Gasteiger partial charge < -0.3 is 20.8 Å². The summed E-state index contributed by atoms with van der Waals surface area (Å²) in [5, 5.41) is 33.0. The van der Waals surface area contributed by atoms with Gasteiger partial charge in [0.15, 0.2) is 11.4 Å². The summed E-state index contributed by atoms with van der Waals surface area (Å²) in [4.78, 5) is 55.9. The number of nitrogens with zero attached hydrogens (tertiary/aromatic N) is 5. The molecular weight excluding hydrogens is 537 g/mol. The highest BCUT2D eigenvalue weighted by Gasteiger charge is 2.48. The summed E-state index contributed by atoms with van der Waals surface area (Å²) >= 11 is 0. The number of hydrogen-bond acceptors (Lipinski definition) is 8. The maximum Gasteiger partial charge on any atom is 0.358 e. The number of amides is 2. The number of rotatable bonds is 7. The highest BCUT2D eigenvalue weighted by Crippen LogP contribution is 2.43. The van der Waals surface area contributed by atoms with E-state index in [9.17, 15) is 33.8 Å². The lowest BCUT2D eigenvalue weighted by molar-refractivity contribution is -0.131. The molecule has 4 N–H and O–H groups in total. The van der Waals surface area contributed by atoms with Crippen LogP contribution in [0.2, 0.25) is 0 Å². The van der Waals surface area contributed by atoms with Crippen molar-refractivity contribution >= 4 is 17.8 Å². The molecule has 0 spiro atoms. The van der Waals surface area contributed by atoms with E-state index >= 15 is 0 Å². The number of aromatic carboxylic acids is 1. The van der Waals surface area contributed by atoms with Crippen molar-refractivity contribution in [2.45, 2.75) is 70.6 Å². The zero-order valence-corrected chi connectivity index (χ0v) is 22.8. The van der Waals surface area contributed by atoms with Gasteiger partial charge in [0.05, 0.1) is 11.7 Å². The largest absolute Gasteiger partial charge is 0.501 e. The van der Waals surface area contributed by atoms with Crippen LogP contribution < -0.4 is 16.2 Å². The first kappa shape index (κ1) is 27.9. The van der Waals surface area contributed by atoms with Gasteiger partial charge in [-0.15, -0.1) is 5.10 Å². The van der Waals surface area contributed by atoms with Crippen LogP contribution in [0, 0.1) is 18.7 Å². The molecule has 4 heterocycles. The van der Waals surface area contributed by atoms with Gasteiger partial charge in [0.1, 0.15) is 17.2 Å². The number of halogens is 1. The molecule has 0 radical (unpaired) electrons. The van der Waals surface area contributed by atoms with Gasteiger partial charge in [0, 0.05) is 13.1 Å². The van der Waals surface area contributed by atoms with Gasteiger partial charge in [0.25, 0.3) is 11.5 Å². The second-order valence-corrected chi connectivity index (χ2v) is 11.2. The van der Waals surface area contributed by atoms with E-state index in [1.165, 1.54) is 16.7 Å². The van der Waals surface area contributed by atoms with Crippen LogP contribution in [0.5, 0.6) is 5.75 Å². The molecule has 2 aliphatic heterocycles. The average molecular weight is 568 g/mol. The van der Waals surface area contributed by atoms with E-state index in [-0.39, 0.29) is 36.3 Å². The number of benzene rings is 1. The summed E-state index contributed by atoms with van der Waals surface area (Å²) in [5.41, 5.74) is -3.05. The lowest BCUT2D eigenvalue weighted by atomic mass is 9.77. The van der Waals surface area contributed by atoms with E-state index in [0.29, 0.717) is 36.8 Å². The number of carbonyl (C=O) groups is 3. The smallest absolute Gasteiger partial charge is 0.358 e. The highest BCUT2D eigenvalue weighted by molar-refractivity contribution is 5.94. The molecule has 1 aromatic carbocycles. The van der Waals surface area contributed by atoms with Gasteiger partial charge in [0.2, 0.25) is 11.7 Å². The van der Waals surface area contributed by atoms with Crippen LogP contribution in [0.1, 0.15) is 77.5 Å². The molecule has 0 unspecified atom stereocenters. The third-order valence-corrected chi connectivity index (χ3v) is 8.06. The maximum absolute atomic E-state index is 13.7. The number of hydrogen-bond donors (Lipinski definition) is 4. The predicted octanol–water partition coefficient (Wildman–Crippen LogP) is 1.57. The van der Waals surface area contributed by atoms with Gasteiger partial charge >= 0.3 is 5.97 Å². The number of carboxylic acids is 1. The molecule has 1 saturated carbocycles. The molecule has 216 valence electrons. The van der Waals surface area contributed by atoms with Crippen LogP contribution in [0.15, 0.2) is 29.2 Å². The quantitative estimate of drug-likeness (QED) is 0.329.